The molecule has 8 nitrogen and oxygen atoms in total. The fourth-order valence-corrected chi connectivity index (χ4v) is 4.14. The van der Waals surface area contributed by atoms with Crippen LogP contribution in [-0.4, -0.2) is 53.1 Å². The van der Waals surface area contributed by atoms with Gasteiger partial charge in [0.05, 0.1) is 16.7 Å². The Balaban J connectivity index is 1.24. The van der Waals surface area contributed by atoms with Gasteiger partial charge in [0.2, 0.25) is 0 Å². The lowest BCUT2D eigenvalue weighted by Gasteiger charge is -2.38. The van der Waals surface area contributed by atoms with Gasteiger partial charge in [-0.3, -0.25) is 4.79 Å². The predicted octanol–water partition coefficient (Wildman–Crippen LogP) is 2.55. The molecule has 2 N–H and O–H groups in total. The zero-order valence-corrected chi connectivity index (χ0v) is 17.8. The van der Waals surface area contributed by atoms with Gasteiger partial charge >= 0.3 is 0 Å². The number of benzene rings is 1. The molecule has 1 saturated carbocycles. The highest BCUT2D eigenvalue weighted by atomic mass is 35.5. The highest BCUT2D eigenvalue weighted by Crippen LogP contribution is 2.27. The van der Waals surface area contributed by atoms with Crippen molar-refractivity contribution in [3.8, 4) is 11.8 Å². The van der Waals surface area contributed by atoms with Gasteiger partial charge < -0.3 is 20.1 Å². The van der Waals surface area contributed by atoms with Crippen molar-refractivity contribution in [3.63, 3.8) is 0 Å². The summed E-state index contributed by atoms with van der Waals surface area (Å²) in [5.41, 5.74) is 0.726. The van der Waals surface area contributed by atoms with Gasteiger partial charge in [-0.1, -0.05) is 11.6 Å². The summed E-state index contributed by atoms with van der Waals surface area (Å²) in [6.07, 6.45) is 3.29. The first-order valence-corrected chi connectivity index (χ1v) is 10.8. The molecule has 0 atom stereocenters. The fourth-order valence-electron chi connectivity index (χ4n) is 3.92. The number of carbonyl (C=O) groups excluding carboxylic acids is 1. The van der Waals surface area contributed by atoms with Gasteiger partial charge in [0.25, 0.3) is 5.91 Å². The number of anilines is 1. The van der Waals surface area contributed by atoms with Crippen molar-refractivity contribution in [1.29, 1.82) is 5.26 Å². The standard InChI is InChI=1S/C22H24ClN5O3/c23-19-9-18(4-1-15(19)10-24)31-17-5-2-16(3-6-17)25-22(30)20-7-8-21(27-26-20)28-11-14(12-28)13-29/h1,4,7-9,14,16-17,29H,2-3,5-6,11-13H2,(H,25,30). The summed E-state index contributed by atoms with van der Waals surface area (Å²) in [6, 6.07) is 10.7. The number of hydrogen-bond donors (Lipinski definition) is 2. The van der Waals surface area contributed by atoms with E-state index in [4.69, 9.17) is 26.7 Å². The Morgan fingerprint density at radius 3 is 2.61 bits per heavy atom. The van der Waals surface area contributed by atoms with E-state index in [9.17, 15) is 4.79 Å². The van der Waals surface area contributed by atoms with E-state index in [1.807, 2.05) is 11.0 Å². The summed E-state index contributed by atoms with van der Waals surface area (Å²) in [5.74, 6) is 1.44. The van der Waals surface area contributed by atoms with Gasteiger partial charge in [-0.2, -0.15) is 5.26 Å². The third-order valence-electron chi connectivity index (χ3n) is 5.80. The van der Waals surface area contributed by atoms with Crippen molar-refractivity contribution in [3.05, 3.63) is 46.6 Å². The number of nitrogens with zero attached hydrogens (tertiary/aromatic N) is 4. The van der Waals surface area contributed by atoms with E-state index in [1.165, 1.54) is 0 Å². The molecule has 2 aliphatic rings. The van der Waals surface area contributed by atoms with E-state index in [0.717, 1.165) is 44.6 Å². The number of aromatic nitrogens is 2. The van der Waals surface area contributed by atoms with Gasteiger partial charge in [-0.05, 0) is 49.9 Å². The van der Waals surface area contributed by atoms with Crippen LogP contribution in [0.25, 0.3) is 0 Å². The second-order valence-corrected chi connectivity index (χ2v) is 8.46. The zero-order chi connectivity index (χ0) is 21.8. The lowest BCUT2D eigenvalue weighted by atomic mass is 9.93. The Labute approximate surface area is 185 Å². The van der Waals surface area contributed by atoms with Crippen LogP contribution in [0.2, 0.25) is 5.02 Å². The zero-order valence-electron chi connectivity index (χ0n) is 17.0. The molecule has 1 amide bonds. The average Bonchev–Trinajstić information content (AvgIpc) is 2.75. The number of hydrogen-bond acceptors (Lipinski definition) is 7. The molecule has 162 valence electrons. The maximum Gasteiger partial charge on any atom is 0.272 e. The third kappa shape index (κ3) is 5.06. The predicted molar refractivity (Wildman–Crippen MR) is 115 cm³/mol. The number of ether oxygens (including phenoxy) is 1. The number of amides is 1. The molecule has 9 heteroatoms. The summed E-state index contributed by atoms with van der Waals surface area (Å²) in [7, 11) is 0. The molecule has 2 fully saturated rings. The van der Waals surface area contributed by atoms with Gasteiger partial charge in [-0.15, -0.1) is 10.2 Å². The molecule has 1 aromatic carbocycles. The summed E-state index contributed by atoms with van der Waals surface area (Å²) < 4.78 is 5.99. The normalized spacial score (nSPS) is 21.1. The molecule has 0 spiro atoms. The molecule has 0 radical (unpaired) electrons. The number of nitrogens with one attached hydrogen (secondary N) is 1. The highest BCUT2D eigenvalue weighted by molar-refractivity contribution is 6.31. The minimum Gasteiger partial charge on any atom is -0.490 e. The van der Waals surface area contributed by atoms with Crippen LogP contribution >= 0.6 is 11.6 Å². The van der Waals surface area contributed by atoms with Crippen LogP contribution in [0, 0.1) is 17.2 Å². The molecule has 1 aliphatic carbocycles. The fraction of sp³-hybridized carbons (Fsp3) is 0.455. The summed E-state index contributed by atoms with van der Waals surface area (Å²) in [5, 5.41) is 29.7. The first-order chi connectivity index (χ1) is 15.1. The van der Waals surface area contributed by atoms with Crippen molar-refractivity contribution in [2.24, 2.45) is 5.92 Å². The van der Waals surface area contributed by atoms with Crippen LogP contribution < -0.4 is 15.0 Å². The number of aliphatic hydroxyl groups excluding tert-OH is 1. The molecular weight excluding hydrogens is 418 g/mol. The topological polar surface area (TPSA) is 111 Å². The molecule has 0 unspecified atom stereocenters. The minimum atomic E-state index is -0.223. The van der Waals surface area contributed by atoms with E-state index in [1.54, 1.807) is 30.3 Å². The second-order valence-electron chi connectivity index (χ2n) is 8.05. The number of halogens is 1. The van der Waals surface area contributed by atoms with Gasteiger partial charge in [0, 0.05) is 37.7 Å². The van der Waals surface area contributed by atoms with Gasteiger partial charge in [0.15, 0.2) is 11.5 Å². The number of carbonyl (C=O) groups is 1. The minimum absolute atomic E-state index is 0.0514. The third-order valence-corrected chi connectivity index (χ3v) is 6.11. The highest BCUT2D eigenvalue weighted by Gasteiger charge is 2.28. The van der Waals surface area contributed by atoms with E-state index in [0.29, 0.717) is 22.0 Å². The second kappa shape index (κ2) is 9.50. The summed E-state index contributed by atoms with van der Waals surface area (Å²) in [4.78, 5) is 14.5. The van der Waals surface area contributed by atoms with Crippen molar-refractivity contribution in [1.82, 2.24) is 15.5 Å². The monoisotopic (exact) mass is 441 g/mol. The molecule has 1 saturated heterocycles. The average molecular weight is 442 g/mol. The molecule has 2 heterocycles. The Morgan fingerprint density at radius 2 is 2.00 bits per heavy atom. The summed E-state index contributed by atoms with van der Waals surface area (Å²) in [6.45, 7) is 1.70. The van der Waals surface area contributed by atoms with Crippen LogP contribution in [-0.2, 0) is 0 Å². The molecule has 2 aromatic rings. The van der Waals surface area contributed by atoms with Crippen molar-refractivity contribution in [2.75, 3.05) is 24.6 Å². The van der Waals surface area contributed by atoms with Crippen molar-refractivity contribution >= 4 is 23.3 Å². The van der Waals surface area contributed by atoms with E-state index in [-0.39, 0.29) is 30.6 Å². The quantitative estimate of drug-likeness (QED) is 0.708. The van der Waals surface area contributed by atoms with Crippen LogP contribution in [0.4, 0.5) is 5.82 Å². The Bertz CT molecular complexity index is 964. The molecule has 0 bridgehead atoms. The Kier molecular flexibility index (Phi) is 6.54. The maximum absolute atomic E-state index is 12.5. The summed E-state index contributed by atoms with van der Waals surface area (Å²) >= 11 is 6.06. The van der Waals surface area contributed by atoms with Gasteiger partial charge in [-0.25, -0.2) is 0 Å². The SMILES string of the molecule is N#Cc1ccc(OC2CCC(NC(=O)c3ccc(N4CC(CO)C4)nn3)CC2)cc1Cl. The molecule has 1 aromatic heterocycles. The van der Waals surface area contributed by atoms with Crippen LogP contribution in [0.15, 0.2) is 30.3 Å². The lowest BCUT2D eigenvalue weighted by molar-refractivity contribution is 0.0888. The number of aliphatic hydroxyl groups is 1. The molecule has 1 aliphatic heterocycles. The van der Waals surface area contributed by atoms with Crippen LogP contribution in [0.1, 0.15) is 41.7 Å². The van der Waals surface area contributed by atoms with E-state index in [2.05, 4.69) is 15.5 Å². The molecule has 31 heavy (non-hydrogen) atoms. The maximum atomic E-state index is 12.5. The first-order valence-electron chi connectivity index (χ1n) is 10.4. The van der Waals surface area contributed by atoms with E-state index >= 15 is 0 Å². The van der Waals surface area contributed by atoms with Gasteiger partial charge in [0.1, 0.15) is 11.8 Å². The van der Waals surface area contributed by atoms with E-state index < -0.39 is 0 Å². The Morgan fingerprint density at radius 1 is 1.23 bits per heavy atom. The van der Waals surface area contributed by atoms with Crippen LogP contribution in [0.3, 0.4) is 0 Å². The van der Waals surface area contributed by atoms with Crippen LogP contribution in [0.5, 0.6) is 5.75 Å². The number of nitriles is 1. The first kappa shape index (κ1) is 21.3. The Hall–Kier alpha value is -2.89. The molecular formula is C22H24ClN5O3. The van der Waals surface area contributed by atoms with Crippen molar-refractivity contribution < 1.29 is 14.6 Å². The smallest absolute Gasteiger partial charge is 0.272 e. The number of rotatable bonds is 6. The molecule has 4 rings (SSSR count). The lowest BCUT2D eigenvalue weighted by Crippen LogP contribution is -2.49. The van der Waals surface area contributed by atoms with Crippen molar-refractivity contribution in [2.45, 2.75) is 37.8 Å². The largest absolute Gasteiger partial charge is 0.490 e.